The highest BCUT2D eigenvalue weighted by molar-refractivity contribution is 7.51. The Morgan fingerprint density at radius 2 is 2.31 bits per heavy atom. The summed E-state index contributed by atoms with van der Waals surface area (Å²) in [6.45, 7) is 3.64. The molecule has 0 aromatic rings. The van der Waals surface area contributed by atoms with E-state index in [1.165, 1.54) is 0 Å². The Labute approximate surface area is 94.4 Å². The van der Waals surface area contributed by atoms with Crippen LogP contribution in [-0.2, 0) is 23.3 Å². The molecular weight excluding hydrogens is 235 g/mol. The van der Waals surface area contributed by atoms with Crippen LogP contribution in [0.15, 0.2) is 0 Å². The molecule has 2 saturated heterocycles. The normalized spacial score (nSPS) is 45.9. The van der Waals surface area contributed by atoms with Crippen molar-refractivity contribution in [1.82, 2.24) is 0 Å². The Balaban J connectivity index is 2.19. The predicted molar refractivity (Wildman–Crippen MR) is 55.5 cm³/mol. The maximum Gasteiger partial charge on any atom is 0.325 e. The van der Waals surface area contributed by atoms with Gasteiger partial charge in [-0.05, 0) is 6.92 Å². The Bertz CT molecular complexity index is 315. The van der Waals surface area contributed by atoms with Crippen LogP contribution in [0.2, 0.25) is 0 Å². The van der Waals surface area contributed by atoms with Gasteiger partial charge in [-0.3, -0.25) is 9.09 Å². The second kappa shape index (κ2) is 4.05. The highest BCUT2D eigenvalue weighted by atomic mass is 31.2. The zero-order valence-corrected chi connectivity index (χ0v) is 10.5. The molecule has 0 amide bonds. The molecule has 1 N–H and O–H groups in total. The van der Waals surface area contributed by atoms with E-state index in [0.29, 0.717) is 13.2 Å². The number of ether oxygens (including phenoxy) is 3. The minimum absolute atomic E-state index is 0.152. The van der Waals surface area contributed by atoms with Crippen LogP contribution in [0.25, 0.3) is 0 Å². The summed E-state index contributed by atoms with van der Waals surface area (Å²) in [6.07, 6.45) is -0.987. The summed E-state index contributed by atoms with van der Waals surface area (Å²) in [4.78, 5) is 9.29. The molecule has 0 aromatic heterocycles. The van der Waals surface area contributed by atoms with Gasteiger partial charge in [0.2, 0.25) is 0 Å². The SMILES string of the molecule is COCC12COC(C(C)O1)C2OP(C)(=O)O. The van der Waals surface area contributed by atoms with Gasteiger partial charge in [0.1, 0.15) is 17.8 Å². The molecule has 16 heavy (non-hydrogen) atoms. The van der Waals surface area contributed by atoms with Crippen molar-refractivity contribution in [2.24, 2.45) is 0 Å². The number of hydrogen-bond donors (Lipinski definition) is 1. The van der Waals surface area contributed by atoms with Crippen molar-refractivity contribution >= 4 is 7.60 Å². The first kappa shape index (κ1) is 12.5. The number of methoxy groups -OCH3 is 1. The zero-order chi connectivity index (χ0) is 12.0. The third-order valence-electron chi connectivity index (χ3n) is 2.92. The minimum Gasteiger partial charge on any atom is -0.381 e. The molecule has 7 heteroatoms. The van der Waals surface area contributed by atoms with E-state index >= 15 is 0 Å². The van der Waals surface area contributed by atoms with E-state index in [1.54, 1.807) is 7.11 Å². The maximum atomic E-state index is 11.3. The summed E-state index contributed by atoms with van der Waals surface area (Å²) in [6, 6.07) is 0. The first-order valence-electron chi connectivity index (χ1n) is 5.15. The molecule has 0 aromatic carbocycles. The van der Waals surface area contributed by atoms with Crippen molar-refractivity contribution in [2.75, 3.05) is 27.0 Å². The lowest BCUT2D eigenvalue weighted by atomic mass is 10.00. The van der Waals surface area contributed by atoms with Crippen molar-refractivity contribution in [3.63, 3.8) is 0 Å². The summed E-state index contributed by atoms with van der Waals surface area (Å²) >= 11 is 0. The van der Waals surface area contributed by atoms with Crippen molar-refractivity contribution in [3.8, 4) is 0 Å². The zero-order valence-electron chi connectivity index (χ0n) is 9.58. The molecule has 2 fully saturated rings. The molecule has 6 nitrogen and oxygen atoms in total. The van der Waals surface area contributed by atoms with E-state index in [9.17, 15) is 9.46 Å². The van der Waals surface area contributed by atoms with Gasteiger partial charge in [0.05, 0.1) is 19.3 Å². The van der Waals surface area contributed by atoms with E-state index < -0.39 is 19.3 Å². The fourth-order valence-electron chi connectivity index (χ4n) is 2.40. The van der Waals surface area contributed by atoms with Crippen LogP contribution in [0.3, 0.4) is 0 Å². The van der Waals surface area contributed by atoms with Gasteiger partial charge in [0.25, 0.3) is 0 Å². The van der Waals surface area contributed by atoms with Gasteiger partial charge in [0, 0.05) is 13.8 Å². The molecule has 0 saturated carbocycles. The highest BCUT2D eigenvalue weighted by Gasteiger charge is 2.62. The first-order chi connectivity index (χ1) is 7.38. The molecule has 94 valence electrons. The van der Waals surface area contributed by atoms with Crippen molar-refractivity contribution in [3.05, 3.63) is 0 Å². The van der Waals surface area contributed by atoms with Crippen LogP contribution in [0.5, 0.6) is 0 Å². The molecule has 0 radical (unpaired) electrons. The largest absolute Gasteiger partial charge is 0.381 e. The highest BCUT2D eigenvalue weighted by Crippen LogP contribution is 2.49. The topological polar surface area (TPSA) is 74.2 Å². The summed E-state index contributed by atoms with van der Waals surface area (Å²) in [5, 5.41) is 0. The Morgan fingerprint density at radius 3 is 2.81 bits per heavy atom. The monoisotopic (exact) mass is 252 g/mol. The summed E-state index contributed by atoms with van der Waals surface area (Å²) in [5.41, 5.74) is -0.743. The van der Waals surface area contributed by atoms with Crippen molar-refractivity contribution in [2.45, 2.75) is 30.8 Å². The molecule has 2 rings (SSSR count). The molecule has 2 aliphatic rings. The Morgan fingerprint density at radius 1 is 1.62 bits per heavy atom. The van der Waals surface area contributed by atoms with Gasteiger partial charge < -0.3 is 19.1 Å². The average molecular weight is 252 g/mol. The molecule has 0 spiro atoms. The summed E-state index contributed by atoms with van der Waals surface area (Å²) < 4.78 is 32.9. The molecule has 2 aliphatic heterocycles. The van der Waals surface area contributed by atoms with Gasteiger partial charge >= 0.3 is 7.60 Å². The average Bonchev–Trinajstić information content (AvgIpc) is 2.54. The van der Waals surface area contributed by atoms with E-state index in [1.807, 2.05) is 6.92 Å². The van der Waals surface area contributed by atoms with Crippen LogP contribution in [0, 0.1) is 0 Å². The minimum atomic E-state index is -3.56. The van der Waals surface area contributed by atoms with Crippen molar-refractivity contribution in [1.29, 1.82) is 0 Å². The van der Waals surface area contributed by atoms with E-state index in [-0.39, 0.29) is 12.2 Å². The maximum absolute atomic E-state index is 11.3. The second-order valence-corrected chi connectivity index (χ2v) is 6.24. The van der Waals surface area contributed by atoms with Gasteiger partial charge in [-0.1, -0.05) is 0 Å². The molecule has 5 unspecified atom stereocenters. The van der Waals surface area contributed by atoms with Crippen LogP contribution < -0.4 is 0 Å². The fraction of sp³-hybridized carbons (Fsp3) is 1.00. The Hall–Kier alpha value is 0.0300. The van der Waals surface area contributed by atoms with Crippen LogP contribution in [0.4, 0.5) is 0 Å². The van der Waals surface area contributed by atoms with Crippen LogP contribution in [0.1, 0.15) is 6.92 Å². The van der Waals surface area contributed by atoms with Crippen LogP contribution >= 0.6 is 7.60 Å². The first-order valence-corrected chi connectivity index (χ1v) is 7.17. The predicted octanol–water partition coefficient (Wildman–Crippen LogP) is 0.389. The molecule has 2 heterocycles. The summed E-state index contributed by atoms with van der Waals surface area (Å²) in [7, 11) is -2.01. The quantitative estimate of drug-likeness (QED) is 0.729. The van der Waals surface area contributed by atoms with Gasteiger partial charge in [-0.2, -0.15) is 0 Å². The molecule has 5 atom stereocenters. The molecule has 2 bridgehead atoms. The Kier molecular flexibility index (Phi) is 3.16. The van der Waals surface area contributed by atoms with Gasteiger partial charge in [0.15, 0.2) is 0 Å². The van der Waals surface area contributed by atoms with E-state index in [0.717, 1.165) is 6.66 Å². The smallest absolute Gasteiger partial charge is 0.325 e. The number of hydrogen-bond acceptors (Lipinski definition) is 5. The molecular formula is C9H17O6P. The third-order valence-corrected chi connectivity index (χ3v) is 3.54. The van der Waals surface area contributed by atoms with Gasteiger partial charge in [-0.15, -0.1) is 0 Å². The number of fused-ring (bicyclic) bond motifs is 2. The lowest BCUT2D eigenvalue weighted by molar-refractivity contribution is -0.158. The van der Waals surface area contributed by atoms with Crippen molar-refractivity contribution < 1.29 is 28.2 Å². The van der Waals surface area contributed by atoms with E-state index in [2.05, 4.69) is 0 Å². The fourth-order valence-corrected chi connectivity index (χ4v) is 3.13. The van der Waals surface area contributed by atoms with Gasteiger partial charge in [-0.25, -0.2) is 0 Å². The third kappa shape index (κ3) is 2.06. The lowest BCUT2D eigenvalue weighted by Gasteiger charge is -2.29. The number of rotatable bonds is 4. The second-order valence-electron chi connectivity index (χ2n) is 4.43. The molecule has 0 aliphatic carbocycles. The standard InChI is InChI=1S/C9H17O6P/c1-6-7-8(15-16(3,10)11)9(14-6,4-12-2)5-13-7/h6-8H,4-5H2,1-3H3,(H,10,11). The lowest BCUT2D eigenvalue weighted by Crippen LogP contribution is -2.45. The van der Waals surface area contributed by atoms with Crippen LogP contribution in [-0.4, -0.2) is 55.8 Å². The summed E-state index contributed by atoms with van der Waals surface area (Å²) in [5.74, 6) is 0. The van der Waals surface area contributed by atoms with E-state index in [4.69, 9.17) is 18.7 Å².